The Morgan fingerprint density at radius 2 is 0.690 bits per heavy atom. The predicted octanol–water partition coefficient (Wildman–Crippen LogP) is 10.1. The molecule has 1 heteroatoms. The Hall–Kier alpha value is -1.76. The Morgan fingerprint density at radius 3 is 0.862 bits per heavy atom. The Morgan fingerprint density at radius 1 is 0.483 bits per heavy atom. The van der Waals surface area contributed by atoms with Gasteiger partial charge < -0.3 is 5.11 Å². The molecule has 1 N–H and O–H groups in total. The summed E-state index contributed by atoms with van der Waals surface area (Å²) in [6, 6.07) is 17.9. The molecule has 2 rings (SSSR count). The standard InChI is InChI=1S/C10H14O.C6H6.2C3H8.3C2H6/c1-3-8-6-5-7-9(4-2)10(8)11;1-2-4-6-5-3-1;2*1-3-2;3*1-2/h5-7,11H,3-4H2,1-2H3;1-6H;2*3H2,1-2H3;3*1-2H3. The van der Waals surface area contributed by atoms with Gasteiger partial charge in [0.25, 0.3) is 0 Å². The number of para-hydroxylation sites is 1. The van der Waals surface area contributed by atoms with Gasteiger partial charge in [-0.2, -0.15) is 0 Å². The van der Waals surface area contributed by atoms with Crippen molar-refractivity contribution in [3.63, 3.8) is 0 Å². The summed E-state index contributed by atoms with van der Waals surface area (Å²) in [4.78, 5) is 0. The number of hydrogen-bond acceptors (Lipinski definition) is 1. The van der Waals surface area contributed by atoms with Crippen LogP contribution in [0.1, 0.15) is 107 Å². The third kappa shape index (κ3) is 31.2. The maximum absolute atomic E-state index is 9.59. The molecule has 0 aliphatic rings. The highest BCUT2D eigenvalue weighted by atomic mass is 16.3. The smallest absolute Gasteiger partial charge is 0.121 e. The maximum atomic E-state index is 9.59. The van der Waals surface area contributed by atoms with Crippen LogP contribution in [0.4, 0.5) is 0 Å². The van der Waals surface area contributed by atoms with E-state index in [4.69, 9.17) is 0 Å². The van der Waals surface area contributed by atoms with Crippen molar-refractivity contribution in [3.8, 4) is 5.75 Å². The molecule has 0 atom stereocenters. The Kier molecular flexibility index (Phi) is 53.4. The minimum Gasteiger partial charge on any atom is -0.507 e. The van der Waals surface area contributed by atoms with Gasteiger partial charge in [0.2, 0.25) is 0 Å². The number of aromatic hydroxyl groups is 1. The largest absolute Gasteiger partial charge is 0.507 e. The van der Waals surface area contributed by atoms with E-state index >= 15 is 0 Å². The highest BCUT2D eigenvalue weighted by Gasteiger charge is 2.01. The molecule has 0 unspecified atom stereocenters. The predicted molar refractivity (Wildman–Crippen MR) is 139 cm³/mol. The average molecular weight is 407 g/mol. The van der Waals surface area contributed by atoms with Crippen molar-refractivity contribution >= 4 is 0 Å². The van der Waals surface area contributed by atoms with E-state index in [0.29, 0.717) is 5.75 Å². The number of phenols is 1. The van der Waals surface area contributed by atoms with Gasteiger partial charge in [-0.15, -0.1) is 0 Å². The van der Waals surface area contributed by atoms with Crippen molar-refractivity contribution in [1.29, 1.82) is 0 Å². The lowest BCUT2D eigenvalue weighted by molar-refractivity contribution is 0.462. The summed E-state index contributed by atoms with van der Waals surface area (Å²) in [6.45, 7) is 24.6. The van der Waals surface area contributed by atoms with Crippen LogP contribution in [0.5, 0.6) is 5.75 Å². The van der Waals surface area contributed by atoms with Gasteiger partial charge in [-0.3, -0.25) is 0 Å². The van der Waals surface area contributed by atoms with Gasteiger partial charge in [-0.25, -0.2) is 0 Å². The van der Waals surface area contributed by atoms with E-state index in [9.17, 15) is 5.11 Å². The highest BCUT2D eigenvalue weighted by Crippen LogP contribution is 2.22. The summed E-state index contributed by atoms with van der Waals surface area (Å²) >= 11 is 0. The second-order valence-corrected chi connectivity index (χ2v) is 5.20. The zero-order chi connectivity index (χ0) is 23.9. The van der Waals surface area contributed by atoms with Crippen LogP contribution in [0.3, 0.4) is 0 Å². The van der Waals surface area contributed by atoms with Gasteiger partial charge in [0.15, 0.2) is 0 Å². The van der Waals surface area contributed by atoms with Crippen molar-refractivity contribution in [3.05, 3.63) is 65.7 Å². The Labute approximate surface area is 185 Å². The first-order chi connectivity index (χ1) is 14.1. The molecule has 0 aliphatic heterocycles. The number of rotatable bonds is 2. The Bertz CT molecular complexity index is 398. The minimum atomic E-state index is 0.484. The molecule has 0 aromatic heterocycles. The molecule has 0 aliphatic carbocycles. The van der Waals surface area contributed by atoms with Gasteiger partial charge in [0.05, 0.1) is 0 Å². The van der Waals surface area contributed by atoms with Gasteiger partial charge in [0.1, 0.15) is 5.75 Å². The highest BCUT2D eigenvalue weighted by molar-refractivity contribution is 5.40. The third-order valence-corrected chi connectivity index (χ3v) is 2.63. The molecule has 0 bridgehead atoms. The van der Waals surface area contributed by atoms with E-state index in [0.717, 1.165) is 24.0 Å². The summed E-state index contributed by atoms with van der Waals surface area (Å²) in [5.41, 5.74) is 2.09. The van der Waals surface area contributed by atoms with E-state index in [2.05, 4.69) is 41.5 Å². The zero-order valence-electron chi connectivity index (χ0n) is 22.0. The van der Waals surface area contributed by atoms with Crippen molar-refractivity contribution in [2.45, 2.75) is 109 Å². The second-order valence-electron chi connectivity index (χ2n) is 5.20. The van der Waals surface area contributed by atoms with Gasteiger partial charge in [-0.1, -0.05) is 151 Å². The summed E-state index contributed by atoms with van der Waals surface area (Å²) in [5.74, 6) is 0.484. The molecule has 2 aromatic carbocycles. The summed E-state index contributed by atoms with van der Waals surface area (Å²) in [7, 11) is 0. The van der Waals surface area contributed by atoms with Crippen molar-refractivity contribution in [2.75, 3.05) is 0 Å². The van der Waals surface area contributed by atoms with E-state index in [1.807, 2.05) is 96.1 Å². The molecule has 1 nitrogen and oxygen atoms in total. The molecule has 0 saturated carbocycles. The topological polar surface area (TPSA) is 20.2 Å². The van der Waals surface area contributed by atoms with Crippen LogP contribution >= 0.6 is 0 Å². The van der Waals surface area contributed by atoms with E-state index in [-0.39, 0.29) is 0 Å². The van der Waals surface area contributed by atoms with Gasteiger partial charge in [-0.05, 0) is 24.0 Å². The SMILES string of the molecule is CC.CC.CC.CCC.CCC.CCc1cccc(CC)c1O.c1ccccc1. The minimum absolute atomic E-state index is 0.484. The molecule has 0 heterocycles. The van der Waals surface area contributed by atoms with Crippen molar-refractivity contribution in [2.24, 2.45) is 0 Å². The molecule has 0 fully saturated rings. The number of hydrogen-bond donors (Lipinski definition) is 1. The number of aryl methyl sites for hydroxylation is 2. The van der Waals surface area contributed by atoms with Crippen molar-refractivity contribution in [1.82, 2.24) is 0 Å². The molecule has 0 radical (unpaired) electrons. The quantitative estimate of drug-likeness (QED) is 0.526. The van der Waals surface area contributed by atoms with Crippen LogP contribution in [0.2, 0.25) is 0 Å². The lowest BCUT2D eigenvalue weighted by Crippen LogP contribution is -1.86. The molecule has 29 heavy (non-hydrogen) atoms. The number of phenolic OH excluding ortho intramolecular Hbond substituents is 1. The molecule has 2 aromatic rings. The summed E-state index contributed by atoms with van der Waals surface area (Å²) in [6.07, 6.45) is 4.30. The van der Waals surface area contributed by atoms with Crippen LogP contribution in [-0.4, -0.2) is 5.11 Å². The zero-order valence-corrected chi connectivity index (χ0v) is 22.0. The molecule has 172 valence electrons. The van der Waals surface area contributed by atoms with E-state index in [1.165, 1.54) is 12.8 Å². The van der Waals surface area contributed by atoms with Crippen LogP contribution in [0, 0.1) is 0 Å². The van der Waals surface area contributed by atoms with Crippen LogP contribution in [-0.2, 0) is 12.8 Å². The molecule has 0 spiro atoms. The van der Waals surface area contributed by atoms with Crippen molar-refractivity contribution < 1.29 is 5.11 Å². The molecular weight excluding hydrogens is 352 g/mol. The van der Waals surface area contributed by atoms with Gasteiger partial charge in [0, 0.05) is 0 Å². The number of benzene rings is 2. The third-order valence-electron chi connectivity index (χ3n) is 2.63. The fourth-order valence-corrected chi connectivity index (χ4v) is 1.60. The maximum Gasteiger partial charge on any atom is 0.121 e. The second kappa shape index (κ2) is 40.8. The lowest BCUT2D eigenvalue weighted by Gasteiger charge is -2.05. The fourth-order valence-electron chi connectivity index (χ4n) is 1.60. The van der Waals surface area contributed by atoms with Crippen LogP contribution in [0.15, 0.2) is 54.6 Å². The first-order valence-corrected chi connectivity index (χ1v) is 11.9. The average Bonchev–Trinajstić information content (AvgIpc) is 2.81. The molecular formula is C28H54O. The normalized spacial score (nSPS) is 7.31. The monoisotopic (exact) mass is 406 g/mol. The molecule has 0 saturated heterocycles. The van der Waals surface area contributed by atoms with E-state index < -0.39 is 0 Å². The summed E-state index contributed by atoms with van der Waals surface area (Å²) < 4.78 is 0. The first kappa shape index (κ1) is 37.9. The molecule has 0 amide bonds. The Balaban J connectivity index is -0.0000000910. The first-order valence-electron chi connectivity index (χ1n) is 11.9. The summed E-state index contributed by atoms with van der Waals surface area (Å²) in [5, 5.41) is 9.59. The van der Waals surface area contributed by atoms with Crippen LogP contribution < -0.4 is 0 Å². The fraction of sp³-hybridized carbons (Fsp3) is 0.571. The lowest BCUT2D eigenvalue weighted by atomic mass is 10.1. The van der Waals surface area contributed by atoms with E-state index in [1.54, 1.807) is 0 Å². The van der Waals surface area contributed by atoms with Crippen LogP contribution in [0.25, 0.3) is 0 Å². The van der Waals surface area contributed by atoms with Gasteiger partial charge >= 0.3 is 0 Å².